The quantitative estimate of drug-likeness (QED) is 0.800. The van der Waals surface area contributed by atoms with Crippen molar-refractivity contribution in [2.45, 2.75) is 12.8 Å². The highest BCUT2D eigenvalue weighted by Crippen LogP contribution is 2.20. The van der Waals surface area contributed by atoms with Gasteiger partial charge in [-0.15, -0.1) is 0 Å². The number of rotatable bonds is 4. The Balaban J connectivity index is 1.86. The molecule has 0 aliphatic carbocycles. The van der Waals surface area contributed by atoms with Crippen molar-refractivity contribution in [3.05, 3.63) is 12.4 Å². The van der Waals surface area contributed by atoms with E-state index in [1.807, 2.05) is 7.05 Å². The summed E-state index contributed by atoms with van der Waals surface area (Å²) >= 11 is 0. The van der Waals surface area contributed by atoms with E-state index < -0.39 is 10.0 Å². The molecule has 1 saturated heterocycles. The highest BCUT2D eigenvalue weighted by molar-refractivity contribution is 7.88. The van der Waals surface area contributed by atoms with Crippen LogP contribution in [0.1, 0.15) is 12.8 Å². The van der Waals surface area contributed by atoms with Gasteiger partial charge >= 0.3 is 0 Å². The van der Waals surface area contributed by atoms with Crippen molar-refractivity contribution in [1.29, 1.82) is 0 Å². The van der Waals surface area contributed by atoms with E-state index >= 15 is 0 Å². The minimum absolute atomic E-state index is 0.258. The molecule has 1 atom stereocenters. The summed E-state index contributed by atoms with van der Waals surface area (Å²) in [5.74, 6) is 0.989. The minimum atomic E-state index is -3.08. The molecular weight excluding hydrogens is 254 g/mol. The van der Waals surface area contributed by atoms with Crippen molar-refractivity contribution in [1.82, 2.24) is 14.1 Å². The molecule has 2 rings (SSSR count). The van der Waals surface area contributed by atoms with E-state index in [0.717, 1.165) is 18.6 Å². The number of nitrogens with zero attached hydrogens (tertiary/aromatic N) is 3. The molecule has 0 radical (unpaired) electrons. The van der Waals surface area contributed by atoms with Crippen molar-refractivity contribution in [2.75, 3.05) is 26.0 Å². The Morgan fingerprint density at radius 1 is 1.56 bits per heavy atom. The molecule has 7 heteroatoms. The van der Waals surface area contributed by atoms with Crippen molar-refractivity contribution in [3.63, 3.8) is 0 Å². The first-order chi connectivity index (χ1) is 8.45. The largest absolute Gasteiger partial charge is 0.490 e. The second-order valence-electron chi connectivity index (χ2n) is 4.79. The lowest BCUT2D eigenvalue weighted by atomic mass is 10.0. The number of hydrogen-bond donors (Lipinski definition) is 0. The summed E-state index contributed by atoms with van der Waals surface area (Å²) in [6, 6.07) is 0. The van der Waals surface area contributed by atoms with Gasteiger partial charge < -0.3 is 4.74 Å². The van der Waals surface area contributed by atoms with Gasteiger partial charge in [-0.05, 0) is 12.8 Å². The zero-order valence-electron chi connectivity index (χ0n) is 10.7. The number of aryl methyl sites for hydroxylation is 1. The molecule has 1 fully saturated rings. The number of hydrogen-bond acceptors (Lipinski definition) is 4. The normalized spacial score (nSPS) is 22.0. The highest BCUT2D eigenvalue weighted by atomic mass is 32.2. The molecule has 18 heavy (non-hydrogen) atoms. The van der Waals surface area contributed by atoms with E-state index in [1.165, 1.54) is 10.6 Å². The van der Waals surface area contributed by atoms with Crippen LogP contribution in [0.15, 0.2) is 12.4 Å². The van der Waals surface area contributed by atoms with Crippen molar-refractivity contribution in [3.8, 4) is 5.75 Å². The van der Waals surface area contributed by atoms with Gasteiger partial charge in [0.25, 0.3) is 0 Å². The Morgan fingerprint density at radius 2 is 2.33 bits per heavy atom. The van der Waals surface area contributed by atoms with Gasteiger partial charge in [0.2, 0.25) is 10.0 Å². The summed E-state index contributed by atoms with van der Waals surface area (Å²) in [5, 5.41) is 4.02. The van der Waals surface area contributed by atoms with E-state index in [0.29, 0.717) is 19.7 Å². The first-order valence-electron chi connectivity index (χ1n) is 6.02. The fourth-order valence-electron chi connectivity index (χ4n) is 2.15. The zero-order chi connectivity index (χ0) is 13.2. The van der Waals surface area contributed by atoms with Crippen molar-refractivity contribution < 1.29 is 13.2 Å². The first-order valence-corrected chi connectivity index (χ1v) is 7.86. The molecule has 0 spiro atoms. The average molecular weight is 273 g/mol. The van der Waals surface area contributed by atoms with Crippen LogP contribution >= 0.6 is 0 Å². The van der Waals surface area contributed by atoms with Gasteiger partial charge in [-0.1, -0.05) is 0 Å². The molecule has 0 N–H and O–H groups in total. The van der Waals surface area contributed by atoms with Crippen LogP contribution in [-0.4, -0.2) is 48.5 Å². The summed E-state index contributed by atoms with van der Waals surface area (Å²) in [6.45, 7) is 1.72. The van der Waals surface area contributed by atoms with Crippen LogP contribution in [0.4, 0.5) is 0 Å². The Labute approximate surface area is 108 Å². The first kappa shape index (κ1) is 13.4. The molecule has 102 valence electrons. The zero-order valence-corrected chi connectivity index (χ0v) is 11.6. The summed E-state index contributed by atoms with van der Waals surface area (Å²) in [7, 11) is -1.24. The van der Waals surface area contributed by atoms with E-state index in [-0.39, 0.29) is 5.92 Å². The number of sulfonamides is 1. The lowest BCUT2D eigenvalue weighted by Gasteiger charge is -2.30. The second kappa shape index (κ2) is 5.27. The molecule has 1 aliphatic heterocycles. The Hall–Kier alpha value is -1.08. The molecule has 0 bridgehead atoms. The van der Waals surface area contributed by atoms with Crippen LogP contribution < -0.4 is 4.74 Å². The Kier molecular flexibility index (Phi) is 3.91. The summed E-state index contributed by atoms with van der Waals surface area (Å²) in [6.07, 6.45) is 6.63. The summed E-state index contributed by atoms with van der Waals surface area (Å²) in [4.78, 5) is 0. The van der Waals surface area contributed by atoms with Gasteiger partial charge in [0.05, 0.1) is 25.3 Å². The predicted octanol–water partition coefficient (Wildman–Crippen LogP) is 0.470. The van der Waals surface area contributed by atoms with Crippen LogP contribution in [0.3, 0.4) is 0 Å². The van der Waals surface area contributed by atoms with E-state index in [1.54, 1.807) is 17.1 Å². The Morgan fingerprint density at radius 3 is 2.94 bits per heavy atom. The number of piperidine rings is 1. The fourth-order valence-corrected chi connectivity index (χ4v) is 3.09. The van der Waals surface area contributed by atoms with Gasteiger partial charge in [0.15, 0.2) is 5.75 Å². The van der Waals surface area contributed by atoms with Crippen LogP contribution in [0, 0.1) is 5.92 Å². The average Bonchev–Trinajstić information content (AvgIpc) is 2.72. The Bertz CT molecular complexity index is 497. The SMILES string of the molecule is Cn1cc(OCC2CCCN(S(C)(=O)=O)C2)cn1. The molecule has 1 aromatic heterocycles. The molecular formula is C11H19N3O3S. The van der Waals surface area contributed by atoms with E-state index in [9.17, 15) is 8.42 Å². The van der Waals surface area contributed by atoms with Gasteiger partial charge in [0, 0.05) is 26.1 Å². The van der Waals surface area contributed by atoms with Gasteiger partial charge in [0.1, 0.15) is 0 Å². The maximum atomic E-state index is 11.5. The lowest BCUT2D eigenvalue weighted by Crippen LogP contribution is -2.40. The topological polar surface area (TPSA) is 64.4 Å². The van der Waals surface area contributed by atoms with Crippen LogP contribution in [0.25, 0.3) is 0 Å². The molecule has 6 nitrogen and oxygen atoms in total. The molecule has 1 aliphatic rings. The van der Waals surface area contributed by atoms with Crippen LogP contribution in [-0.2, 0) is 17.1 Å². The molecule has 0 amide bonds. The van der Waals surface area contributed by atoms with Gasteiger partial charge in [-0.3, -0.25) is 4.68 Å². The third-order valence-electron chi connectivity index (χ3n) is 3.12. The number of ether oxygens (including phenoxy) is 1. The maximum absolute atomic E-state index is 11.5. The third kappa shape index (κ3) is 3.46. The third-order valence-corrected chi connectivity index (χ3v) is 4.39. The van der Waals surface area contributed by atoms with Crippen molar-refractivity contribution >= 4 is 10.0 Å². The molecule has 2 heterocycles. The summed E-state index contributed by atoms with van der Waals surface area (Å²) in [5.41, 5.74) is 0. The lowest BCUT2D eigenvalue weighted by molar-refractivity contribution is 0.180. The molecule has 0 saturated carbocycles. The second-order valence-corrected chi connectivity index (χ2v) is 6.77. The predicted molar refractivity (Wildman–Crippen MR) is 67.8 cm³/mol. The van der Waals surface area contributed by atoms with E-state index in [2.05, 4.69) is 5.10 Å². The van der Waals surface area contributed by atoms with Crippen LogP contribution in [0.5, 0.6) is 5.75 Å². The van der Waals surface area contributed by atoms with Crippen LogP contribution in [0.2, 0.25) is 0 Å². The maximum Gasteiger partial charge on any atom is 0.211 e. The van der Waals surface area contributed by atoms with Gasteiger partial charge in [-0.25, -0.2) is 12.7 Å². The standard InChI is InChI=1S/C11H19N3O3S/c1-13-8-11(6-12-13)17-9-10-4-3-5-14(7-10)18(2,15)16/h6,8,10H,3-5,7,9H2,1-2H3. The molecule has 1 aromatic rings. The molecule has 0 aromatic carbocycles. The monoisotopic (exact) mass is 273 g/mol. The van der Waals surface area contributed by atoms with E-state index in [4.69, 9.17) is 4.74 Å². The fraction of sp³-hybridized carbons (Fsp3) is 0.727. The minimum Gasteiger partial charge on any atom is -0.490 e. The van der Waals surface area contributed by atoms with Gasteiger partial charge in [-0.2, -0.15) is 5.10 Å². The number of aromatic nitrogens is 2. The smallest absolute Gasteiger partial charge is 0.211 e. The molecule has 1 unspecified atom stereocenters. The van der Waals surface area contributed by atoms with Crippen molar-refractivity contribution in [2.24, 2.45) is 13.0 Å². The summed E-state index contributed by atoms with van der Waals surface area (Å²) < 4.78 is 31.8. The highest BCUT2D eigenvalue weighted by Gasteiger charge is 2.26.